The average molecular weight is 340 g/mol. The van der Waals surface area contributed by atoms with E-state index in [0.717, 1.165) is 11.1 Å². The van der Waals surface area contributed by atoms with Gasteiger partial charge in [-0.25, -0.2) is 0 Å². The van der Waals surface area contributed by atoms with Crippen LogP contribution in [0.25, 0.3) is 0 Å². The van der Waals surface area contributed by atoms with E-state index in [1.165, 1.54) is 0 Å². The van der Waals surface area contributed by atoms with Crippen LogP contribution >= 0.6 is 0 Å². The van der Waals surface area contributed by atoms with Gasteiger partial charge in [-0.1, -0.05) is 60.7 Å². The molecule has 0 saturated heterocycles. The standard InChI is InChI=1S/C20H24N2O3/c1-15(2)22-18(23)13-21-19(24)14-25-20(16-9-5-3-6-10-16)17-11-7-4-8-12-17/h3-12,15,20H,13-14H2,1-2H3,(H,21,24)(H,22,23). The summed E-state index contributed by atoms with van der Waals surface area (Å²) in [6.07, 6.45) is -0.336. The van der Waals surface area contributed by atoms with E-state index in [0.29, 0.717) is 0 Å². The fourth-order valence-corrected chi connectivity index (χ4v) is 2.40. The van der Waals surface area contributed by atoms with E-state index in [9.17, 15) is 9.59 Å². The number of ether oxygens (including phenoxy) is 1. The van der Waals surface area contributed by atoms with Gasteiger partial charge in [0.2, 0.25) is 11.8 Å². The van der Waals surface area contributed by atoms with Gasteiger partial charge in [-0.3, -0.25) is 9.59 Å². The van der Waals surface area contributed by atoms with Crippen LogP contribution < -0.4 is 10.6 Å². The first-order valence-corrected chi connectivity index (χ1v) is 8.34. The summed E-state index contributed by atoms with van der Waals surface area (Å²) in [6.45, 7) is 3.56. The lowest BCUT2D eigenvalue weighted by atomic mass is 10.0. The van der Waals surface area contributed by atoms with E-state index >= 15 is 0 Å². The van der Waals surface area contributed by atoms with Crippen molar-refractivity contribution in [2.75, 3.05) is 13.2 Å². The third kappa shape index (κ3) is 6.39. The van der Waals surface area contributed by atoms with Crippen molar-refractivity contribution in [2.45, 2.75) is 26.0 Å². The molecule has 0 atom stereocenters. The van der Waals surface area contributed by atoms with Gasteiger partial charge in [-0.05, 0) is 25.0 Å². The highest BCUT2D eigenvalue weighted by atomic mass is 16.5. The molecule has 0 aliphatic carbocycles. The van der Waals surface area contributed by atoms with Crippen molar-refractivity contribution in [1.29, 1.82) is 0 Å². The summed E-state index contributed by atoms with van der Waals surface area (Å²) in [5, 5.41) is 5.29. The average Bonchev–Trinajstić information content (AvgIpc) is 2.61. The highest BCUT2D eigenvalue weighted by molar-refractivity contribution is 5.85. The quantitative estimate of drug-likeness (QED) is 0.775. The van der Waals surface area contributed by atoms with Crippen LogP contribution in [0.4, 0.5) is 0 Å². The van der Waals surface area contributed by atoms with Gasteiger partial charge in [0.1, 0.15) is 12.7 Å². The monoisotopic (exact) mass is 340 g/mol. The molecule has 0 spiro atoms. The van der Waals surface area contributed by atoms with Crippen LogP contribution in [0.3, 0.4) is 0 Å². The van der Waals surface area contributed by atoms with Crippen molar-refractivity contribution in [1.82, 2.24) is 10.6 Å². The summed E-state index contributed by atoms with van der Waals surface area (Å²) < 4.78 is 5.85. The Bertz CT molecular complexity index is 632. The summed E-state index contributed by atoms with van der Waals surface area (Å²) >= 11 is 0. The first-order chi connectivity index (χ1) is 12.1. The second-order valence-electron chi connectivity index (χ2n) is 6.01. The molecule has 25 heavy (non-hydrogen) atoms. The predicted molar refractivity (Wildman–Crippen MR) is 97.0 cm³/mol. The first kappa shape index (κ1) is 18.7. The Kier molecular flexibility index (Phi) is 7.16. The van der Waals surface area contributed by atoms with Crippen molar-refractivity contribution < 1.29 is 14.3 Å². The molecule has 0 aromatic heterocycles. The molecule has 0 aliphatic heterocycles. The molecule has 2 N–H and O–H groups in total. The highest BCUT2D eigenvalue weighted by Gasteiger charge is 2.16. The van der Waals surface area contributed by atoms with Crippen LogP contribution in [0.5, 0.6) is 0 Å². The lowest BCUT2D eigenvalue weighted by Crippen LogP contribution is -2.41. The molecule has 5 nitrogen and oxygen atoms in total. The second kappa shape index (κ2) is 9.59. The Morgan fingerprint density at radius 1 is 0.880 bits per heavy atom. The minimum atomic E-state index is -0.336. The van der Waals surface area contributed by atoms with Gasteiger partial charge in [-0.2, -0.15) is 0 Å². The molecule has 2 aromatic rings. The molecular weight excluding hydrogens is 316 g/mol. The third-order valence-electron chi connectivity index (χ3n) is 3.48. The van der Waals surface area contributed by atoms with Gasteiger partial charge in [0.25, 0.3) is 0 Å². The van der Waals surface area contributed by atoms with Gasteiger partial charge >= 0.3 is 0 Å². The first-order valence-electron chi connectivity index (χ1n) is 8.34. The number of amides is 2. The van der Waals surface area contributed by atoms with Crippen LogP contribution in [-0.2, 0) is 14.3 Å². The van der Waals surface area contributed by atoms with Crippen LogP contribution in [0.2, 0.25) is 0 Å². The van der Waals surface area contributed by atoms with Crippen molar-refractivity contribution in [3.8, 4) is 0 Å². The maximum Gasteiger partial charge on any atom is 0.246 e. The highest BCUT2D eigenvalue weighted by Crippen LogP contribution is 2.25. The van der Waals surface area contributed by atoms with E-state index in [1.807, 2.05) is 74.5 Å². The molecule has 0 saturated carbocycles. The number of hydrogen-bond donors (Lipinski definition) is 2. The largest absolute Gasteiger partial charge is 0.359 e. The Balaban J connectivity index is 1.94. The zero-order valence-electron chi connectivity index (χ0n) is 14.6. The predicted octanol–water partition coefficient (Wildman–Crippen LogP) is 2.43. The molecule has 2 rings (SSSR count). The summed E-state index contributed by atoms with van der Waals surface area (Å²) in [6, 6.07) is 19.5. The Labute approximate surface area is 148 Å². The van der Waals surface area contributed by atoms with Gasteiger partial charge in [-0.15, -0.1) is 0 Å². The molecule has 0 fully saturated rings. The number of carbonyl (C=O) groups is 2. The zero-order valence-corrected chi connectivity index (χ0v) is 14.6. The Hall–Kier alpha value is -2.66. The topological polar surface area (TPSA) is 67.4 Å². The van der Waals surface area contributed by atoms with E-state index in [1.54, 1.807) is 0 Å². The van der Waals surface area contributed by atoms with Gasteiger partial charge in [0.15, 0.2) is 0 Å². The van der Waals surface area contributed by atoms with E-state index in [4.69, 9.17) is 4.74 Å². The van der Waals surface area contributed by atoms with Crippen LogP contribution in [0.15, 0.2) is 60.7 Å². The van der Waals surface area contributed by atoms with Crippen LogP contribution in [-0.4, -0.2) is 31.0 Å². The summed E-state index contributed by atoms with van der Waals surface area (Å²) in [5.74, 6) is -0.540. The summed E-state index contributed by atoms with van der Waals surface area (Å²) in [7, 11) is 0. The van der Waals surface area contributed by atoms with Gasteiger partial charge < -0.3 is 15.4 Å². The van der Waals surface area contributed by atoms with Crippen molar-refractivity contribution >= 4 is 11.8 Å². The SMILES string of the molecule is CC(C)NC(=O)CNC(=O)COC(c1ccccc1)c1ccccc1. The molecule has 2 amide bonds. The number of rotatable bonds is 8. The fourth-order valence-electron chi connectivity index (χ4n) is 2.40. The molecule has 132 valence electrons. The zero-order chi connectivity index (χ0) is 18.1. The maximum absolute atomic E-state index is 12.0. The summed E-state index contributed by atoms with van der Waals surface area (Å²) in [5.41, 5.74) is 1.94. The molecule has 0 unspecified atom stereocenters. The molecule has 0 heterocycles. The van der Waals surface area contributed by atoms with E-state index in [2.05, 4.69) is 10.6 Å². The smallest absolute Gasteiger partial charge is 0.246 e. The van der Waals surface area contributed by atoms with Crippen LogP contribution in [0, 0.1) is 0 Å². The van der Waals surface area contributed by atoms with E-state index in [-0.39, 0.29) is 37.1 Å². The van der Waals surface area contributed by atoms with Gasteiger partial charge in [0, 0.05) is 6.04 Å². The normalized spacial score (nSPS) is 10.7. The number of hydrogen-bond acceptors (Lipinski definition) is 3. The van der Waals surface area contributed by atoms with Crippen molar-refractivity contribution in [2.24, 2.45) is 0 Å². The minimum absolute atomic E-state index is 0.0428. The Morgan fingerprint density at radius 2 is 1.40 bits per heavy atom. The molecular formula is C20H24N2O3. The molecule has 5 heteroatoms. The fraction of sp³-hybridized carbons (Fsp3) is 0.300. The minimum Gasteiger partial charge on any atom is -0.359 e. The summed E-state index contributed by atoms with van der Waals surface area (Å²) in [4.78, 5) is 23.6. The van der Waals surface area contributed by atoms with Gasteiger partial charge in [0.05, 0.1) is 6.54 Å². The van der Waals surface area contributed by atoms with Crippen LogP contribution in [0.1, 0.15) is 31.1 Å². The molecule has 0 aliphatic rings. The molecule has 0 bridgehead atoms. The lowest BCUT2D eigenvalue weighted by molar-refractivity contribution is -0.130. The molecule has 2 aromatic carbocycles. The molecule has 0 radical (unpaired) electrons. The second-order valence-corrected chi connectivity index (χ2v) is 6.01. The van der Waals surface area contributed by atoms with Crippen molar-refractivity contribution in [3.63, 3.8) is 0 Å². The van der Waals surface area contributed by atoms with E-state index < -0.39 is 0 Å². The third-order valence-corrected chi connectivity index (χ3v) is 3.48. The maximum atomic E-state index is 12.0. The number of benzene rings is 2. The lowest BCUT2D eigenvalue weighted by Gasteiger charge is -2.19. The van der Waals surface area contributed by atoms with Crippen molar-refractivity contribution in [3.05, 3.63) is 71.8 Å². The number of carbonyl (C=O) groups excluding carboxylic acids is 2. The number of nitrogens with one attached hydrogen (secondary N) is 2. The Morgan fingerprint density at radius 3 is 1.88 bits per heavy atom.